The molecule has 0 spiro atoms. The van der Waals surface area contributed by atoms with E-state index < -0.39 is 0 Å². The van der Waals surface area contributed by atoms with E-state index in [-0.39, 0.29) is 6.04 Å². The van der Waals surface area contributed by atoms with Gasteiger partial charge < -0.3 is 5.32 Å². The van der Waals surface area contributed by atoms with Gasteiger partial charge in [0.2, 0.25) is 0 Å². The molecular weight excluding hydrogens is 472 g/mol. The summed E-state index contributed by atoms with van der Waals surface area (Å²) in [4.78, 5) is 0. The molecular formula is C15H13BrCl2IN. The van der Waals surface area contributed by atoms with Gasteiger partial charge in [-0.05, 0) is 77.5 Å². The van der Waals surface area contributed by atoms with Crippen molar-refractivity contribution in [2.75, 3.05) is 7.05 Å². The van der Waals surface area contributed by atoms with E-state index in [2.05, 4.69) is 62.0 Å². The Morgan fingerprint density at radius 2 is 1.85 bits per heavy atom. The minimum absolute atomic E-state index is 0.150. The first-order valence-corrected chi connectivity index (χ1v) is 8.70. The summed E-state index contributed by atoms with van der Waals surface area (Å²) in [6, 6.07) is 12.1. The summed E-state index contributed by atoms with van der Waals surface area (Å²) in [5.41, 5.74) is 2.18. The van der Waals surface area contributed by atoms with Crippen LogP contribution in [0.3, 0.4) is 0 Å². The predicted molar refractivity (Wildman–Crippen MR) is 98.8 cm³/mol. The zero-order valence-corrected chi connectivity index (χ0v) is 16.0. The van der Waals surface area contributed by atoms with Gasteiger partial charge in [-0.15, -0.1) is 0 Å². The third-order valence-corrected chi connectivity index (χ3v) is 5.25. The van der Waals surface area contributed by atoms with Crippen LogP contribution in [0.15, 0.2) is 40.9 Å². The molecule has 1 nitrogen and oxygen atoms in total. The van der Waals surface area contributed by atoms with Crippen LogP contribution in [0.5, 0.6) is 0 Å². The molecule has 0 fully saturated rings. The molecule has 0 amide bonds. The molecule has 0 heterocycles. The molecule has 0 aliphatic rings. The highest BCUT2D eigenvalue weighted by atomic mass is 127. The smallest absolute Gasteiger partial charge is 0.0453 e. The Kier molecular flexibility index (Phi) is 6.17. The Hall–Kier alpha value is 0.190. The minimum atomic E-state index is 0.150. The lowest BCUT2D eigenvalue weighted by molar-refractivity contribution is 0.589. The number of nitrogens with one attached hydrogen (secondary N) is 1. The van der Waals surface area contributed by atoms with Crippen molar-refractivity contribution in [1.29, 1.82) is 0 Å². The van der Waals surface area contributed by atoms with Gasteiger partial charge in [-0.25, -0.2) is 0 Å². The summed E-state index contributed by atoms with van der Waals surface area (Å²) < 4.78 is 2.28. The van der Waals surface area contributed by atoms with E-state index in [4.69, 9.17) is 23.2 Å². The van der Waals surface area contributed by atoms with E-state index in [1.807, 2.05) is 25.2 Å². The second-order valence-corrected chi connectivity index (χ2v) is 7.33. The van der Waals surface area contributed by atoms with Gasteiger partial charge in [0, 0.05) is 24.1 Å². The van der Waals surface area contributed by atoms with Crippen LogP contribution in [0.2, 0.25) is 10.0 Å². The number of rotatable bonds is 4. The number of halogens is 4. The van der Waals surface area contributed by atoms with E-state index in [0.29, 0.717) is 10.0 Å². The molecule has 1 atom stereocenters. The Morgan fingerprint density at radius 3 is 2.45 bits per heavy atom. The summed E-state index contributed by atoms with van der Waals surface area (Å²) >= 11 is 18.5. The van der Waals surface area contributed by atoms with E-state index in [1.165, 1.54) is 9.13 Å². The van der Waals surface area contributed by atoms with Crippen molar-refractivity contribution in [1.82, 2.24) is 5.32 Å². The largest absolute Gasteiger partial charge is 0.313 e. The highest BCUT2D eigenvalue weighted by molar-refractivity contribution is 14.1. The predicted octanol–water partition coefficient (Wildman–Crippen LogP) is 5.86. The fraction of sp³-hybridized carbons (Fsp3) is 0.200. The van der Waals surface area contributed by atoms with Crippen LogP contribution in [0.25, 0.3) is 0 Å². The topological polar surface area (TPSA) is 12.0 Å². The first-order chi connectivity index (χ1) is 9.52. The molecule has 0 saturated heterocycles. The van der Waals surface area contributed by atoms with Crippen molar-refractivity contribution < 1.29 is 0 Å². The molecule has 2 aromatic rings. The van der Waals surface area contributed by atoms with E-state index in [1.54, 1.807) is 0 Å². The molecule has 106 valence electrons. The third kappa shape index (κ3) is 3.89. The van der Waals surface area contributed by atoms with Gasteiger partial charge in [0.1, 0.15) is 0 Å². The molecule has 20 heavy (non-hydrogen) atoms. The maximum atomic E-state index is 6.26. The maximum absolute atomic E-state index is 6.26. The zero-order valence-electron chi connectivity index (χ0n) is 10.8. The Morgan fingerprint density at radius 1 is 1.20 bits per heavy atom. The van der Waals surface area contributed by atoms with Crippen LogP contribution in [0.1, 0.15) is 17.2 Å². The van der Waals surface area contributed by atoms with Gasteiger partial charge in [0.05, 0.1) is 0 Å². The lowest BCUT2D eigenvalue weighted by Gasteiger charge is -2.20. The van der Waals surface area contributed by atoms with Crippen LogP contribution < -0.4 is 5.32 Å². The number of hydrogen-bond donors (Lipinski definition) is 1. The Labute approximate surface area is 151 Å². The molecule has 0 aliphatic carbocycles. The first kappa shape index (κ1) is 16.6. The second kappa shape index (κ2) is 7.45. The van der Waals surface area contributed by atoms with Crippen molar-refractivity contribution in [2.24, 2.45) is 0 Å². The van der Waals surface area contributed by atoms with Crippen LogP contribution >= 0.6 is 61.7 Å². The van der Waals surface area contributed by atoms with Gasteiger partial charge in [0.25, 0.3) is 0 Å². The van der Waals surface area contributed by atoms with Crippen LogP contribution in [-0.2, 0) is 6.42 Å². The zero-order chi connectivity index (χ0) is 14.7. The normalized spacial score (nSPS) is 12.4. The average molecular weight is 485 g/mol. The Bertz CT molecular complexity index is 599. The van der Waals surface area contributed by atoms with Crippen LogP contribution in [0.4, 0.5) is 0 Å². The van der Waals surface area contributed by atoms with Crippen LogP contribution in [-0.4, -0.2) is 7.05 Å². The lowest BCUT2D eigenvalue weighted by atomic mass is 9.99. The van der Waals surface area contributed by atoms with Crippen molar-refractivity contribution in [2.45, 2.75) is 12.5 Å². The van der Waals surface area contributed by atoms with Crippen molar-refractivity contribution in [3.8, 4) is 0 Å². The van der Waals surface area contributed by atoms with Gasteiger partial charge in [-0.1, -0.05) is 45.2 Å². The summed E-state index contributed by atoms with van der Waals surface area (Å²) in [5, 5.41) is 4.75. The molecule has 1 unspecified atom stereocenters. The van der Waals surface area contributed by atoms with Gasteiger partial charge in [-0.2, -0.15) is 0 Å². The highest BCUT2D eigenvalue weighted by Gasteiger charge is 2.17. The molecule has 2 rings (SSSR count). The molecule has 0 radical (unpaired) electrons. The highest BCUT2D eigenvalue weighted by Crippen LogP contribution is 2.32. The summed E-state index contributed by atoms with van der Waals surface area (Å²) in [5.74, 6) is 0. The number of hydrogen-bond acceptors (Lipinski definition) is 1. The minimum Gasteiger partial charge on any atom is -0.313 e. The summed E-state index contributed by atoms with van der Waals surface area (Å²) in [6.07, 6.45) is 0.744. The molecule has 0 bridgehead atoms. The molecule has 1 N–H and O–H groups in total. The monoisotopic (exact) mass is 483 g/mol. The van der Waals surface area contributed by atoms with Crippen molar-refractivity contribution >= 4 is 61.7 Å². The molecule has 2 aromatic carbocycles. The third-order valence-electron chi connectivity index (χ3n) is 3.15. The van der Waals surface area contributed by atoms with Gasteiger partial charge >= 0.3 is 0 Å². The average Bonchev–Trinajstić information content (AvgIpc) is 2.42. The molecule has 5 heteroatoms. The Balaban J connectivity index is 2.36. The van der Waals surface area contributed by atoms with Crippen molar-refractivity contribution in [3.63, 3.8) is 0 Å². The molecule has 0 aliphatic heterocycles. The maximum Gasteiger partial charge on any atom is 0.0453 e. The van der Waals surface area contributed by atoms with E-state index >= 15 is 0 Å². The summed E-state index contributed by atoms with van der Waals surface area (Å²) in [7, 11) is 1.95. The second-order valence-electron chi connectivity index (χ2n) is 4.41. The van der Waals surface area contributed by atoms with Gasteiger partial charge in [-0.3, -0.25) is 0 Å². The van der Waals surface area contributed by atoms with Crippen molar-refractivity contribution in [3.05, 3.63) is 65.6 Å². The van der Waals surface area contributed by atoms with E-state index in [9.17, 15) is 0 Å². The SMILES string of the molecule is CNC(Cc1c(Cl)cccc1Cl)c1cc(I)ccc1Br. The number of likely N-dealkylation sites (N-methyl/N-ethyl adjacent to an activating group) is 1. The van der Waals surface area contributed by atoms with Gasteiger partial charge in [0.15, 0.2) is 0 Å². The lowest BCUT2D eigenvalue weighted by Crippen LogP contribution is -2.19. The number of benzene rings is 2. The van der Waals surface area contributed by atoms with E-state index in [0.717, 1.165) is 16.5 Å². The van der Waals surface area contributed by atoms with Crippen LogP contribution in [0, 0.1) is 3.57 Å². The molecule has 0 saturated carbocycles. The fourth-order valence-electron chi connectivity index (χ4n) is 2.08. The fourth-order valence-corrected chi connectivity index (χ4v) is 3.67. The molecule has 0 aromatic heterocycles. The standard InChI is InChI=1S/C15H13BrCl2IN/c1-20-15(10-7-9(19)5-6-12(10)16)8-11-13(17)3-2-4-14(11)18/h2-7,15,20H,8H2,1H3. The quantitative estimate of drug-likeness (QED) is 0.536. The summed E-state index contributed by atoms with van der Waals surface area (Å²) in [6.45, 7) is 0. The first-order valence-electron chi connectivity index (χ1n) is 6.08.